The first-order chi connectivity index (χ1) is 7.65. The maximum absolute atomic E-state index is 10.8. The second-order valence-corrected chi connectivity index (χ2v) is 2.90. The predicted molar refractivity (Wildman–Crippen MR) is 55.2 cm³/mol. The number of rotatable bonds is 5. The van der Waals surface area contributed by atoms with Crippen molar-refractivity contribution in [1.82, 2.24) is 0 Å². The highest BCUT2D eigenvalue weighted by Gasteiger charge is 2.13. The van der Waals surface area contributed by atoms with Crippen molar-refractivity contribution in [3.05, 3.63) is 34.4 Å². The molecule has 0 aliphatic carbocycles. The van der Waals surface area contributed by atoms with Crippen LogP contribution in [-0.2, 0) is 9.53 Å². The summed E-state index contributed by atoms with van der Waals surface area (Å²) in [6.45, 7) is 0.0531. The SMILES string of the molecule is COC(=O)CCOc1ccccc1[N+](=O)[O-]. The highest BCUT2D eigenvalue weighted by molar-refractivity contribution is 5.69. The van der Waals surface area contributed by atoms with E-state index in [4.69, 9.17) is 4.74 Å². The number of nitro groups is 1. The molecule has 0 atom stereocenters. The number of ether oxygens (including phenoxy) is 2. The summed E-state index contributed by atoms with van der Waals surface area (Å²) in [5.74, 6) is -0.269. The highest BCUT2D eigenvalue weighted by Crippen LogP contribution is 2.25. The normalized spacial score (nSPS) is 9.56. The van der Waals surface area contributed by atoms with Crippen molar-refractivity contribution >= 4 is 11.7 Å². The summed E-state index contributed by atoms with van der Waals surface area (Å²) in [4.78, 5) is 20.9. The maximum atomic E-state index is 10.8. The molecular formula is C10H11NO5. The summed E-state index contributed by atoms with van der Waals surface area (Å²) in [5.41, 5.74) is -0.118. The number of nitrogens with zero attached hydrogens (tertiary/aromatic N) is 1. The van der Waals surface area contributed by atoms with E-state index in [0.717, 1.165) is 0 Å². The molecule has 6 heteroatoms. The maximum Gasteiger partial charge on any atom is 0.310 e. The van der Waals surface area contributed by atoms with Crippen LogP contribution < -0.4 is 4.74 Å². The van der Waals surface area contributed by atoms with Crippen molar-refractivity contribution in [1.29, 1.82) is 0 Å². The van der Waals surface area contributed by atoms with E-state index in [-0.39, 0.29) is 24.5 Å². The van der Waals surface area contributed by atoms with Crippen LogP contribution in [0.5, 0.6) is 5.75 Å². The molecule has 0 amide bonds. The summed E-state index contributed by atoms with van der Waals surface area (Å²) >= 11 is 0. The molecule has 0 unspecified atom stereocenters. The first-order valence-electron chi connectivity index (χ1n) is 4.58. The van der Waals surface area contributed by atoms with Crippen LogP contribution in [0.2, 0.25) is 0 Å². The van der Waals surface area contributed by atoms with Gasteiger partial charge in [-0.2, -0.15) is 0 Å². The Morgan fingerprint density at radius 3 is 2.75 bits per heavy atom. The van der Waals surface area contributed by atoms with Gasteiger partial charge in [0.25, 0.3) is 0 Å². The van der Waals surface area contributed by atoms with Gasteiger partial charge in [-0.1, -0.05) is 12.1 Å². The van der Waals surface area contributed by atoms with E-state index in [2.05, 4.69) is 4.74 Å². The van der Waals surface area contributed by atoms with Crippen LogP contribution in [0.15, 0.2) is 24.3 Å². The Balaban J connectivity index is 2.60. The molecule has 0 bridgehead atoms. The molecule has 16 heavy (non-hydrogen) atoms. The molecule has 0 aliphatic heterocycles. The molecule has 86 valence electrons. The van der Waals surface area contributed by atoms with Gasteiger partial charge in [0.2, 0.25) is 0 Å². The molecule has 0 N–H and O–H groups in total. The van der Waals surface area contributed by atoms with E-state index < -0.39 is 10.9 Å². The Labute approximate surface area is 91.9 Å². The highest BCUT2D eigenvalue weighted by atomic mass is 16.6. The van der Waals surface area contributed by atoms with Crippen molar-refractivity contribution < 1.29 is 19.2 Å². The number of hydrogen-bond donors (Lipinski definition) is 0. The van der Waals surface area contributed by atoms with Gasteiger partial charge < -0.3 is 9.47 Å². The van der Waals surface area contributed by atoms with Crippen molar-refractivity contribution in [3.63, 3.8) is 0 Å². The second kappa shape index (κ2) is 5.69. The lowest BCUT2D eigenvalue weighted by molar-refractivity contribution is -0.385. The van der Waals surface area contributed by atoms with Crippen LogP contribution in [0.3, 0.4) is 0 Å². The minimum atomic E-state index is -0.534. The van der Waals surface area contributed by atoms with Crippen LogP contribution in [0.4, 0.5) is 5.69 Å². The zero-order valence-corrected chi connectivity index (χ0v) is 8.71. The van der Waals surface area contributed by atoms with Gasteiger partial charge >= 0.3 is 11.7 Å². The van der Waals surface area contributed by atoms with E-state index in [1.807, 2.05) is 0 Å². The van der Waals surface area contributed by atoms with Crippen molar-refractivity contribution in [2.45, 2.75) is 6.42 Å². The second-order valence-electron chi connectivity index (χ2n) is 2.90. The summed E-state index contributed by atoms with van der Waals surface area (Å²) in [6.07, 6.45) is 0.0581. The molecule has 1 rings (SSSR count). The number of carbonyl (C=O) groups is 1. The minimum Gasteiger partial charge on any atom is -0.486 e. The number of esters is 1. The third-order valence-electron chi connectivity index (χ3n) is 1.85. The third kappa shape index (κ3) is 3.23. The Morgan fingerprint density at radius 2 is 2.12 bits per heavy atom. The van der Waals surface area contributed by atoms with Crippen LogP contribution in [0, 0.1) is 10.1 Å². The molecule has 0 aliphatic rings. The number of methoxy groups -OCH3 is 1. The fourth-order valence-corrected chi connectivity index (χ4v) is 1.08. The molecular weight excluding hydrogens is 214 g/mol. The summed E-state index contributed by atoms with van der Waals surface area (Å²) < 4.78 is 9.54. The Bertz CT molecular complexity index is 391. The van der Waals surface area contributed by atoms with Gasteiger partial charge in [-0.25, -0.2) is 0 Å². The van der Waals surface area contributed by atoms with Crippen molar-refractivity contribution in [2.24, 2.45) is 0 Å². The van der Waals surface area contributed by atoms with E-state index in [0.29, 0.717) is 0 Å². The lowest BCUT2D eigenvalue weighted by atomic mass is 10.3. The van der Waals surface area contributed by atoms with E-state index >= 15 is 0 Å². The van der Waals surface area contributed by atoms with Gasteiger partial charge in [0, 0.05) is 6.07 Å². The largest absolute Gasteiger partial charge is 0.486 e. The fraction of sp³-hybridized carbons (Fsp3) is 0.300. The number of hydrogen-bond acceptors (Lipinski definition) is 5. The first kappa shape index (κ1) is 12.0. The Hall–Kier alpha value is -2.11. The van der Waals surface area contributed by atoms with Gasteiger partial charge in [0.15, 0.2) is 5.75 Å². The smallest absolute Gasteiger partial charge is 0.310 e. The van der Waals surface area contributed by atoms with Crippen LogP contribution >= 0.6 is 0 Å². The molecule has 6 nitrogen and oxygen atoms in total. The molecule has 1 aromatic rings. The zero-order valence-electron chi connectivity index (χ0n) is 8.71. The fourth-order valence-electron chi connectivity index (χ4n) is 1.08. The quantitative estimate of drug-likeness (QED) is 0.431. The number of benzene rings is 1. The number of para-hydroxylation sites is 2. The van der Waals surface area contributed by atoms with Crippen LogP contribution in [0.25, 0.3) is 0 Å². The monoisotopic (exact) mass is 225 g/mol. The molecule has 0 spiro atoms. The molecule has 0 saturated heterocycles. The molecule has 1 aromatic carbocycles. The zero-order chi connectivity index (χ0) is 12.0. The molecule has 0 heterocycles. The summed E-state index contributed by atoms with van der Waals surface area (Å²) in [5, 5.41) is 10.6. The molecule has 0 fully saturated rings. The van der Waals surface area contributed by atoms with Crippen molar-refractivity contribution in [2.75, 3.05) is 13.7 Å². The lowest BCUT2D eigenvalue weighted by Crippen LogP contribution is -2.08. The minimum absolute atomic E-state index is 0.0531. The van der Waals surface area contributed by atoms with E-state index in [9.17, 15) is 14.9 Å². The van der Waals surface area contributed by atoms with E-state index in [1.54, 1.807) is 12.1 Å². The van der Waals surface area contributed by atoms with Crippen LogP contribution in [0.1, 0.15) is 6.42 Å². The molecule has 0 aromatic heterocycles. The third-order valence-corrected chi connectivity index (χ3v) is 1.85. The van der Waals surface area contributed by atoms with Gasteiger partial charge in [0.05, 0.1) is 25.1 Å². The average Bonchev–Trinajstić information content (AvgIpc) is 2.29. The molecule has 0 saturated carbocycles. The van der Waals surface area contributed by atoms with Gasteiger partial charge in [-0.15, -0.1) is 0 Å². The average molecular weight is 225 g/mol. The van der Waals surface area contributed by atoms with E-state index in [1.165, 1.54) is 19.2 Å². The van der Waals surface area contributed by atoms with Crippen molar-refractivity contribution in [3.8, 4) is 5.75 Å². The summed E-state index contributed by atoms with van der Waals surface area (Å²) in [6, 6.07) is 5.99. The Morgan fingerprint density at radius 1 is 1.44 bits per heavy atom. The predicted octanol–water partition coefficient (Wildman–Crippen LogP) is 1.54. The lowest BCUT2D eigenvalue weighted by Gasteiger charge is -2.05. The van der Waals surface area contributed by atoms with Gasteiger partial charge in [-0.05, 0) is 6.07 Å². The van der Waals surface area contributed by atoms with Gasteiger partial charge in [0.1, 0.15) is 0 Å². The Kier molecular flexibility index (Phi) is 4.26. The number of carbonyl (C=O) groups excluding carboxylic acids is 1. The molecule has 0 radical (unpaired) electrons. The standard InChI is InChI=1S/C10H11NO5/c1-15-10(12)6-7-16-9-5-3-2-4-8(9)11(13)14/h2-5H,6-7H2,1H3. The number of nitro benzene ring substituents is 1. The topological polar surface area (TPSA) is 78.7 Å². The van der Waals surface area contributed by atoms with Crippen LogP contribution in [-0.4, -0.2) is 24.6 Å². The first-order valence-corrected chi connectivity index (χ1v) is 4.58. The van der Waals surface area contributed by atoms with Gasteiger partial charge in [-0.3, -0.25) is 14.9 Å². The summed E-state index contributed by atoms with van der Waals surface area (Å²) in [7, 11) is 1.27.